The fraction of sp³-hybridized carbons (Fsp3) is 0.435. The van der Waals surface area contributed by atoms with E-state index in [9.17, 15) is 9.59 Å². The zero-order valence-electron chi connectivity index (χ0n) is 31.9. The number of rotatable bonds is 15. The van der Waals surface area contributed by atoms with Gasteiger partial charge in [-0.2, -0.15) is 0 Å². The molecule has 0 aliphatic carbocycles. The van der Waals surface area contributed by atoms with Gasteiger partial charge in [0.2, 0.25) is 0 Å². The minimum atomic E-state index is -1.10. The molecule has 1 fully saturated rings. The lowest BCUT2D eigenvalue weighted by atomic mass is 9.86. The van der Waals surface area contributed by atoms with Crippen molar-refractivity contribution in [3.8, 4) is 11.8 Å². The predicted octanol–water partition coefficient (Wildman–Crippen LogP) is 10.4. The second kappa shape index (κ2) is 17.8. The second-order valence-corrected chi connectivity index (χ2v) is 15.5. The lowest BCUT2D eigenvalue weighted by Gasteiger charge is -2.28. The minimum Gasteiger partial charge on any atom is -0.461 e. The molecular formula is C46H54O6. The quantitative estimate of drug-likeness (QED) is 0.0697. The lowest BCUT2D eigenvalue weighted by molar-refractivity contribution is -0.171. The highest BCUT2D eigenvalue weighted by atomic mass is 16.6. The van der Waals surface area contributed by atoms with Gasteiger partial charge in [0.05, 0.1) is 19.1 Å². The number of cyclic esters (lactones) is 1. The molecule has 274 valence electrons. The van der Waals surface area contributed by atoms with Crippen LogP contribution in [0.2, 0.25) is 0 Å². The van der Waals surface area contributed by atoms with Crippen LogP contribution in [0.4, 0.5) is 0 Å². The Hall–Kier alpha value is -4.60. The van der Waals surface area contributed by atoms with Crippen LogP contribution in [0.25, 0.3) is 11.0 Å². The van der Waals surface area contributed by atoms with Crippen molar-refractivity contribution < 1.29 is 28.2 Å². The molecule has 2 heterocycles. The summed E-state index contributed by atoms with van der Waals surface area (Å²) < 4.78 is 24.3. The first-order valence-corrected chi connectivity index (χ1v) is 18.7. The third kappa shape index (κ3) is 10.7. The molecule has 0 N–H and O–H groups in total. The standard InChI is InChI=1S/C46H54O6/c1-31(2)23-39(24-32(3)4)19-21-40-27-46(52-45(40)48,29-49-28-38-11-9-8-10-12-38)30-50-44(47)35(7)34(6)43-26-41-25-37(20-22-42(41)51-43)18-17-36-15-13-33(5)14-16-36/h8-16,20-22,25-26,31-32,34-35,39H,19,23-24,27-30H2,1-7H3/b40-21+/t34-,35-,46-/m1/s1. The number of hydrogen-bond acceptors (Lipinski definition) is 6. The van der Waals surface area contributed by atoms with Crippen molar-refractivity contribution in [1.82, 2.24) is 0 Å². The van der Waals surface area contributed by atoms with E-state index in [1.807, 2.05) is 86.7 Å². The maximum atomic E-state index is 13.6. The normalized spacial score (nSPS) is 17.8. The summed E-state index contributed by atoms with van der Waals surface area (Å²) in [6.45, 7) is 15.2. The molecule has 0 spiro atoms. The van der Waals surface area contributed by atoms with Gasteiger partial charge in [0.15, 0.2) is 5.60 Å². The van der Waals surface area contributed by atoms with Gasteiger partial charge < -0.3 is 18.6 Å². The van der Waals surface area contributed by atoms with E-state index in [2.05, 4.69) is 58.6 Å². The maximum Gasteiger partial charge on any atom is 0.334 e. The van der Waals surface area contributed by atoms with Gasteiger partial charge in [0.1, 0.15) is 18.0 Å². The fourth-order valence-electron chi connectivity index (χ4n) is 6.87. The lowest BCUT2D eigenvalue weighted by Crippen LogP contribution is -2.41. The van der Waals surface area contributed by atoms with Crippen LogP contribution in [0, 0.1) is 42.4 Å². The third-order valence-corrected chi connectivity index (χ3v) is 9.85. The first kappa shape index (κ1) is 38.6. The highest BCUT2D eigenvalue weighted by molar-refractivity contribution is 5.91. The zero-order valence-corrected chi connectivity index (χ0v) is 31.9. The van der Waals surface area contributed by atoms with Gasteiger partial charge in [-0.05, 0) is 85.9 Å². The van der Waals surface area contributed by atoms with E-state index in [1.165, 1.54) is 5.56 Å². The Labute approximate surface area is 309 Å². The fourth-order valence-corrected chi connectivity index (χ4v) is 6.87. The predicted molar refractivity (Wildman–Crippen MR) is 207 cm³/mol. The van der Waals surface area contributed by atoms with Gasteiger partial charge in [-0.15, -0.1) is 0 Å². The van der Waals surface area contributed by atoms with E-state index < -0.39 is 11.5 Å². The molecule has 52 heavy (non-hydrogen) atoms. The number of hydrogen-bond donors (Lipinski definition) is 0. The Balaban J connectivity index is 1.26. The van der Waals surface area contributed by atoms with Crippen LogP contribution >= 0.6 is 0 Å². The van der Waals surface area contributed by atoms with Crippen LogP contribution in [-0.4, -0.2) is 30.8 Å². The number of fused-ring (bicyclic) bond motifs is 1. The molecule has 0 bridgehead atoms. The molecule has 1 saturated heterocycles. The van der Waals surface area contributed by atoms with E-state index in [1.54, 1.807) is 0 Å². The highest BCUT2D eigenvalue weighted by Gasteiger charge is 2.46. The van der Waals surface area contributed by atoms with Gasteiger partial charge in [-0.1, -0.05) is 107 Å². The summed E-state index contributed by atoms with van der Waals surface area (Å²) in [7, 11) is 0. The van der Waals surface area contributed by atoms with Crippen molar-refractivity contribution in [2.45, 2.75) is 92.3 Å². The highest BCUT2D eigenvalue weighted by Crippen LogP contribution is 2.36. The Morgan fingerprint density at radius 3 is 2.23 bits per heavy atom. The van der Waals surface area contributed by atoms with Crippen LogP contribution in [0.3, 0.4) is 0 Å². The number of ether oxygens (including phenoxy) is 3. The molecule has 1 aliphatic rings. The monoisotopic (exact) mass is 702 g/mol. The molecule has 3 atom stereocenters. The van der Waals surface area contributed by atoms with Gasteiger partial charge in [0, 0.05) is 34.4 Å². The molecule has 3 aromatic carbocycles. The number of furan rings is 1. The summed E-state index contributed by atoms with van der Waals surface area (Å²) in [5.41, 5.74) is 4.32. The molecule has 0 amide bonds. The molecule has 0 unspecified atom stereocenters. The maximum absolute atomic E-state index is 13.6. The van der Waals surface area contributed by atoms with Gasteiger partial charge in [0.25, 0.3) is 0 Å². The summed E-state index contributed by atoms with van der Waals surface area (Å²) in [4.78, 5) is 26.8. The molecule has 5 rings (SSSR count). The first-order valence-electron chi connectivity index (χ1n) is 18.7. The van der Waals surface area contributed by atoms with E-state index in [4.69, 9.17) is 18.6 Å². The van der Waals surface area contributed by atoms with Crippen molar-refractivity contribution in [3.05, 3.63) is 119 Å². The van der Waals surface area contributed by atoms with Crippen molar-refractivity contribution >= 4 is 22.9 Å². The van der Waals surface area contributed by atoms with E-state index in [0.717, 1.165) is 46.9 Å². The molecule has 1 aromatic heterocycles. The smallest absolute Gasteiger partial charge is 0.334 e. The summed E-state index contributed by atoms with van der Waals surface area (Å²) in [5, 5.41) is 0.925. The van der Waals surface area contributed by atoms with Crippen LogP contribution in [0.15, 0.2) is 94.9 Å². The Morgan fingerprint density at radius 2 is 1.54 bits per heavy atom. The molecule has 0 radical (unpaired) electrons. The van der Waals surface area contributed by atoms with Crippen LogP contribution < -0.4 is 0 Å². The molecular weight excluding hydrogens is 649 g/mol. The molecule has 6 nitrogen and oxygen atoms in total. The van der Waals surface area contributed by atoms with Crippen molar-refractivity contribution in [2.24, 2.45) is 23.7 Å². The van der Waals surface area contributed by atoms with Crippen LogP contribution in [-0.2, 0) is 30.4 Å². The van der Waals surface area contributed by atoms with E-state index >= 15 is 0 Å². The van der Waals surface area contributed by atoms with Gasteiger partial charge >= 0.3 is 11.9 Å². The Kier molecular flexibility index (Phi) is 13.2. The largest absolute Gasteiger partial charge is 0.461 e. The summed E-state index contributed by atoms with van der Waals surface area (Å²) >= 11 is 0. The third-order valence-electron chi connectivity index (χ3n) is 9.85. The van der Waals surface area contributed by atoms with Crippen LogP contribution in [0.1, 0.15) is 101 Å². The number of carbonyl (C=O) groups is 2. The summed E-state index contributed by atoms with van der Waals surface area (Å²) in [6, 6.07) is 25.8. The molecule has 4 aromatic rings. The SMILES string of the molecule is Cc1ccc(C#Cc2ccc3oc([C@H](C)[C@@H](C)C(=O)OC[C@]4(COCc5ccccc5)C/C(=C\CC(CC(C)C)CC(C)C)C(=O)O4)cc3c2)cc1. The molecule has 1 aliphatic heterocycles. The number of carbonyl (C=O) groups excluding carboxylic acids is 2. The molecule has 0 saturated carbocycles. The summed E-state index contributed by atoms with van der Waals surface area (Å²) in [6.07, 6.45) is 5.39. The average molecular weight is 703 g/mol. The first-order chi connectivity index (χ1) is 24.9. The number of esters is 2. The summed E-state index contributed by atoms with van der Waals surface area (Å²) in [5.74, 6) is 7.28. The number of benzene rings is 3. The second-order valence-electron chi connectivity index (χ2n) is 15.5. The van der Waals surface area contributed by atoms with Crippen molar-refractivity contribution in [3.63, 3.8) is 0 Å². The van der Waals surface area contributed by atoms with Gasteiger partial charge in [-0.3, -0.25) is 4.79 Å². The van der Waals surface area contributed by atoms with Crippen molar-refractivity contribution in [2.75, 3.05) is 13.2 Å². The number of aryl methyl sites for hydroxylation is 1. The van der Waals surface area contributed by atoms with Crippen LogP contribution in [0.5, 0.6) is 0 Å². The average Bonchev–Trinajstić information content (AvgIpc) is 3.69. The Morgan fingerprint density at radius 1 is 0.865 bits per heavy atom. The van der Waals surface area contributed by atoms with E-state index in [-0.39, 0.29) is 31.1 Å². The van der Waals surface area contributed by atoms with Gasteiger partial charge in [-0.25, -0.2) is 4.79 Å². The topological polar surface area (TPSA) is 75.0 Å². The zero-order chi connectivity index (χ0) is 37.3. The molecule has 6 heteroatoms. The number of allylic oxidation sites excluding steroid dienone is 1. The Bertz CT molecular complexity index is 1880. The van der Waals surface area contributed by atoms with Crippen molar-refractivity contribution in [1.29, 1.82) is 0 Å². The van der Waals surface area contributed by atoms with E-state index in [0.29, 0.717) is 42.1 Å². The minimum absolute atomic E-state index is 0.0919.